The number of alkyl carbamates (subject to hydrolysis) is 1. The third kappa shape index (κ3) is 10.4. The molecule has 0 spiro atoms. The lowest BCUT2D eigenvalue weighted by atomic mass is 9.89. The number of benzene rings is 3. The smallest absolute Gasteiger partial charge is 0.408 e. The van der Waals surface area contributed by atoms with Crippen LogP contribution in [0.5, 0.6) is 0 Å². The molecule has 0 aromatic heterocycles. The molecule has 0 saturated carbocycles. The van der Waals surface area contributed by atoms with Crippen LogP contribution in [-0.2, 0) is 48.1 Å². The molecule has 236 valence electrons. The maximum atomic E-state index is 13.9. The molecule has 1 aliphatic heterocycles. The van der Waals surface area contributed by atoms with Gasteiger partial charge in [-0.1, -0.05) is 91.0 Å². The third-order valence-electron chi connectivity index (χ3n) is 7.73. The van der Waals surface area contributed by atoms with Gasteiger partial charge in [0.15, 0.2) is 11.6 Å². The molecule has 45 heavy (non-hydrogen) atoms. The summed E-state index contributed by atoms with van der Waals surface area (Å²) in [5.74, 6) is -2.70. The zero-order valence-corrected chi connectivity index (χ0v) is 25.3. The van der Waals surface area contributed by atoms with Gasteiger partial charge in [-0.05, 0) is 42.9 Å². The summed E-state index contributed by atoms with van der Waals surface area (Å²) in [6.45, 7) is 1.95. The SMILES string of the molecule is CC1(C(=O)[C@H](Cc2ccccc2)NC(=O)[C@@H](CC(=O)[C@H](CCC(N)=O)NC(=O)OCc2ccccc2)Cc2ccccc2)CO1. The molecule has 4 N–H and O–H groups in total. The van der Waals surface area contributed by atoms with E-state index >= 15 is 0 Å². The van der Waals surface area contributed by atoms with E-state index in [2.05, 4.69) is 10.6 Å². The Bertz CT molecular complexity index is 1460. The molecule has 1 fully saturated rings. The molecule has 1 saturated heterocycles. The number of carbonyl (C=O) groups is 5. The predicted molar refractivity (Wildman–Crippen MR) is 167 cm³/mol. The van der Waals surface area contributed by atoms with Crippen LogP contribution in [0.2, 0.25) is 0 Å². The standard InChI is InChI=1S/C35H39N3O7/c1-35(23-45-35)32(41)29(20-25-13-7-3-8-14-25)37-33(42)27(19-24-11-5-2-6-12-24)21-30(39)28(17-18-31(36)40)38-34(43)44-22-26-15-9-4-10-16-26/h2-16,27-29H,17-23H2,1H3,(H2,36,40)(H,37,42)(H,38,43)/t27-,28+,29+,35?/m1/s1. The van der Waals surface area contributed by atoms with E-state index in [-0.39, 0.29) is 51.1 Å². The molecule has 4 atom stereocenters. The quantitative estimate of drug-likeness (QED) is 0.197. The Balaban J connectivity index is 1.50. The van der Waals surface area contributed by atoms with Crippen molar-refractivity contribution in [3.8, 4) is 0 Å². The molecule has 3 amide bonds. The van der Waals surface area contributed by atoms with Crippen LogP contribution in [0.3, 0.4) is 0 Å². The first-order valence-corrected chi connectivity index (χ1v) is 15.0. The van der Waals surface area contributed by atoms with Crippen molar-refractivity contribution in [2.75, 3.05) is 6.61 Å². The fourth-order valence-electron chi connectivity index (χ4n) is 5.02. The van der Waals surface area contributed by atoms with Crippen molar-refractivity contribution in [2.45, 2.75) is 63.3 Å². The Morgan fingerprint density at radius 3 is 1.87 bits per heavy atom. The van der Waals surface area contributed by atoms with Crippen LogP contribution >= 0.6 is 0 Å². The number of ketones is 2. The highest BCUT2D eigenvalue weighted by Crippen LogP contribution is 2.29. The molecule has 1 aliphatic rings. The number of hydrogen-bond acceptors (Lipinski definition) is 7. The predicted octanol–water partition coefficient (Wildman–Crippen LogP) is 3.45. The van der Waals surface area contributed by atoms with Crippen LogP contribution in [0.25, 0.3) is 0 Å². The maximum absolute atomic E-state index is 13.9. The number of rotatable bonds is 17. The molecule has 4 rings (SSSR count). The monoisotopic (exact) mass is 613 g/mol. The highest BCUT2D eigenvalue weighted by atomic mass is 16.6. The lowest BCUT2D eigenvalue weighted by Gasteiger charge is -2.25. The normalized spacial score (nSPS) is 17.3. The summed E-state index contributed by atoms with van der Waals surface area (Å²) < 4.78 is 10.7. The lowest BCUT2D eigenvalue weighted by molar-refractivity contribution is -0.134. The molecular formula is C35H39N3O7. The van der Waals surface area contributed by atoms with Gasteiger partial charge in [0.05, 0.1) is 18.7 Å². The molecule has 3 aromatic rings. The molecule has 1 unspecified atom stereocenters. The van der Waals surface area contributed by atoms with E-state index < -0.39 is 47.3 Å². The van der Waals surface area contributed by atoms with E-state index in [4.69, 9.17) is 15.2 Å². The fourth-order valence-corrected chi connectivity index (χ4v) is 5.02. The molecule has 0 radical (unpaired) electrons. The average Bonchev–Trinajstić information content (AvgIpc) is 3.80. The highest BCUT2D eigenvalue weighted by molar-refractivity contribution is 5.98. The third-order valence-corrected chi connectivity index (χ3v) is 7.73. The summed E-state index contributed by atoms with van der Waals surface area (Å²) in [6, 6.07) is 25.6. The summed E-state index contributed by atoms with van der Waals surface area (Å²) >= 11 is 0. The van der Waals surface area contributed by atoms with E-state index in [0.29, 0.717) is 0 Å². The van der Waals surface area contributed by atoms with Gasteiger partial charge in [0.1, 0.15) is 12.2 Å². The number of ether oxygens (including phenoxy) is 2. The number of epoxide rings is 1. The molecule has 1 heterocycles. The number of nitrogens with two attached hydrogens (primary N) is 1. The van der Waals surface area contributed by atoms with Crippen molar-refractivity contribution in [3.63, 3.8) is 0 Å². The van der Waals surface area contributed by atoms with Crippen LogP contribution in [0.1, 0.15) is 42.9 Å². The van der Waals surface area contributed by atoms with E-state index in [9.17, 15) is 24.0 Å². The Kier molecular flexibility index (Phi) is 11.6. The Morgan fingerprint density at radius 2 is 1.33 bits per heavy atom. The topological polar surface area (TPSA) is 157 Å². The highest BCUT2D eigenvalue weighted by Gasteiger charge is 2.50. The molecule has 0 aliphatic carbocycles. The van der Waals surface area contributed by atoms with E-state index in [1.165, 1.54) is 0 Å². The van der Waals surface area contributed by atoms with Crippen molar-refractivity contribution >= 4 is 29.5 Å². The zero-order valence-electron chi connectivity index (χ0n) is 25.3. The summed E-state index contributed by atoms with van der Waals surface area (Å²) in [7, 11) is 0. The second-order valence-corrected chi connectivity index (χ2v) is 11.5. The summed E-state index contributed by atoms with van der Waals surface area (Å²) in [6.07, 6.45) is -0.845. The zero-order chi connectivity index (χ0) is 32.2. The van der Waals surface area contributed by atoms with Crippen LogP contribution in [0, 0.1) is 5.92 Å². The Hall–Kier alpha value is -4.83. The van der Waals surface area contributed by atoms with Gasteiger partial charge in [0, 0.05) is 18.8 Å². The summed E-state index contributed by atoms with van der Waals surface area (Å²) in [4.78, 5) is 65.2. The minimum atomic E-state index is -1.12. The van der Waals surface area contributed by atoms with Crippen molar-refractivity contribution in [2.24, 2.45) is 11.7 Å². The van der Waals surface area contributed by atoms with Gasteiger partial charge < -0.3 is 25.8 Å². The summed E-state index contributed by atoms with van der Waals surface area (Å²) in [5.41, 5.74) is 6.81. The number of Topliss-reactive ketones (excluding diaryl/α,β-unsaturated/α-hetero) is 2. The van der Waals surface area contributed by atoms with Gasteiger partial charge >= 0.3 is 6.09 Å². The minimum absolute atomic E-state index is 0.0120. The first kappa shape index (κ1) is 33.1. The Morgan fingerprint density at radius 1 is 0.800 bits per heavy atom. The van der Waals surface area contributed by atoms with Crippen LogP contribution in [-0.4, -0.2) is 53.8 Å². The number of amides is 3. The van der Waals surface area contributed by atoms with Gasteiger partial charge in [-0.25, -0.2) is 4.79 Å². The summed E-state index contributed by atoms with van der Waals surface area (Å²) in [5, 5.41) is 5.45. The number of nitrogens with one attached hydrogen (secondary N) is 2. The minimum Gasteiger partial charge on any atom is -0.445 e. The van der Waals surface area contributed by atoms with Crippen molar-refractivity contribution in [1.82, 2.24) is 10.6 Å². The lowest BCUT2D eigenvalue weighted by Crippen LogP contribution is -2.50. The van der Waals surface area contributed by atoms with Gasteiger partial charge in [-0.2, -0.15) is 0 Å². The van der Waals surface area contributed by atoms with Gasteiger partial charge in [0.25, 0.3) is 0 Å². The van der Waals surface area contributed by atoms with Gasteiger partial charge in [-0.15, -0.1) is 0 Å². The first-order chi connectivity index (χ1) is 21.6. The van der Waals surface area contributed by atoms with E-state index in [1.54, 1.807) is 19.1 Å². The number of hydrogen-bond donors (Lipinski definition) is 3. The molecule has 10 heteroatoms. The molecular weight excluding hydrogens is 574 g/mol. The first-order valence-electron chi connectivity index (χ1n) is 15.0. The van der Waals surface area contributed by atoms with Crippen LogP contribution in [0.4, 0.5) is 4.79 Å². The van der Waals surface area contributed by atoms with E-state index in [1.807, 2.05) is 78.9 Å². The Labute approximate surface area is 262 Å². The van der Waals surface area contributed by atoms with Crippen molar-refractivity contribution < 1.29 is 33.4 Å². The van der Waals surface area contributed by atoms with Crippen molar-refractivity contribution in [1.29, 1.82) is 0 Å². The van der Waals surface area contributed by atoms with E-state index in [0.717, 1.165) is 16.7 Å². The van der Waals surface area contributed by atoms with Crippen molar-refractivity contribution in [3.05, 3.63) is 108 Å². The van der Waals surface area contributed by atoms with Gasteiger partial charge in [-0.3, -0.25) is 19.2 Å². The molecule has 3 aromatic carbocycles. The maximum Gasteiger partial charge on any atom is 0.408 e. The largest absolute Gasteiger partial charge is 0.445 e. The second-order valence-electron chi connectivity index (χ2n) is 11.5. The number of primary amides is 1. The van der Waals surface area contributed by atoms with Crippen LogP contribution < -0.4 is 16.4 Å². The fraction of sp³-hybridized carbons (Fsp3) is 0.343. The molecule has 0 bridgehead atoms. The number of carbonyl (C=O) groups excluding carboxylic acids is 5. The average molecular weight is 614 g/mol. The second kappa shape index (κ2) is 15.8. The van der Waals surface area contributed by atoms with Crippen LogP contribution in [0.15, 0.2) is 91.0 Å². The van der Waals surface area contributed by atoms with Gasteiger partial charge in [0.2, 0.25) is 11.8 Å². The molecule has 10 nitrogen and oxygen atoms in total.